The molecule has 2 nitrogen and oxygen atoms in total. The topological polar surface area (TPSA) is 6.48 Å². The molecule has 0 saturated carbocycles. The van der Waals surface area contributed by atoms with Gasteiger partial charge in [-0.15, -0.1) is 0 Å². The third-order valence-corrected chi connectivity index (χ3v) is 4.09. The smallest absolute Gasteiger partial charge is 0.229 e. The number of aryl methyl sites for hydroxylation is 1. The second-order valence-electron chi connectivity index (χ2n) is 6.18. The van der Waals surface area contributed by atoms with Gasteiger partial charge in [0, 0.05) is 25.3 Å². The molecule has 1 aromatic rings. The lowest BCUT2D eigenvalue weighted by atomic mass is 9.96. The highest BCUT2D eigenvalue weighted by atomic mass is 19.3. The molecule has 0 N–H and O–H groups in total. The molecule has 1 atom stereocenters. The van der Waals surface area contributed by atoms with E-state index in [4.69, 9.17) is 0 Å². The van der Waals surface area contributed by atoms with Crippen molar-refractivity contribution in [3.05, 3.63) is 29.1 Å². The second-order valence-corrected chi connectivity index (χ2v) is 6.18. The molecule has 1 saturated heterocycles. The summed E-state index contributed by atoms with van der Waals surface area (Å²) in [5.74, 6) is -0.0138. The number of rotatable bonds is 3. The van der Waals surface area contributed by atoms with E-state index in [1.54, 1.807) is 6.07 Å². The minimum absolute atomic E-state index is 0.161. The Morgan fingerprint density at radius 3 is 2.26 bits per heavy atom. The van der Waals surface area contributed by atoms with Crippen molar-refractivity contribution in [2.45, 2.75) is 32.7 Å². The number of hydrogen-bond acceptors (Lipinski definition) is 2. The van der Waals surface area contributed by atoms with Crippen LogP contribution < -0.4 is 4.90 Å². The lowest BCUT2D eigenvalue weighted by Gasteiger charge is -2.40. The molecular weight excluding hydrogens is 308 g/mol. The van der Waals surface area contributed by atoms with E-state index in [1.165, 1.54) is 0 Å². The molecule has 0 bridgehead atoms. The Bertz CT molecular complexity index is 470. The van der Waals surface area contributed by atoms with Crippen molar-refractivity contribution in [3.8, 4) is 0 Å². The van der Waals surface area contributed by atoms with Gasteiger partial charge < -0.3 is 9.80 Å². The molecule has 1 aromatic carbocycles. The number of nitrogens with zero attached hydrogens (tertiary/aromatic N) is 2. The van der Waals surface area contributed by atoms with Crippen LogP contribution in [0.2, 0.25) is 0 Å². The van der Waals surface area contributed by atoms with E-state index < -0.39 is 13.6 Å². The molecule has 1 fully saturated rings. The second kappa shape index (κ2) is 9.11. The fraction of sp³-hybridized carbons (Fsp3) is 0.647. The Balaban J connectivity index is 0.000000816. The Morgan fingerprint density at radius 2 is 1.78 bits per heavy atom. The molecule has 1 unspecified atom stereocenters. The average molecular weight is 334 g/mol. The summed E-state index contributed by atoms with van der Waals surface area (Å²) in [5, 5.41) is 0. The summed E-state index contributed by atoms with van der Waals surface area (Å²) in [6, 6.07) is 3.38. The van der Waals surface area contributed by atoms with Gasteiger partial charge in [-0.1, -0.05) is 13.8 Å². The van der Waals surface area contributed by atoms with Gasteiger partial charge in [-0.2, -0.15) is 0 Å². The van der Waals surface area contributed by atoms with Crippen molar-refractivity contribution in [1.82, 2.24) is 4.90 Å². The lowest BCUT2D eigenvalue weighted by molar-refractivity contribution is 0.240. The maximum absolute atomic E-state index is 14.3. The van der Waals surface area contributed by atoms with Gasteiger partial charge in [0.15, 0.2) is 0 Å². The van der Waals surface area contributed by atoms with Crippen LogP contribution in [0.15, 0.2) is 12.1 Å². The monoisotopic (exact) mass is 334 g/mol. The summed E-state index contributed by atoms with van der Waals surface area (Å²) >= 11 is 0. The first-order chi connectivity index (χ1) is 10.8. The first-order valence-corrected chi connectivity index (χ1v) is 7.78. The highest BCUT2D eigenvalue weighted by Gasteiger charge is 2.26. The molecule has 1 aliphatic rings. The van der Waals surface area contributed by atoms with Crippen LogP contribution in [0.1, 0.15) is 30.9 Å². The molecule has 6 heteroatoms. The van der Waals surface area contributed by atoms with Crippen molar-refractivity contribution in [3.63, 3.8) is 0 Å². The first kappa shape index (κ1) is 19.7. The maximum Gasteiger partial charge on any atom is 0.229 e. The van der Waals surface area contributed by atoms with Gasteiger partial charge in [-0.25, -0.2) is 17.6 Å². The number of anilines is 1. The quantitative estimate of drug-likeness (QED) is 0.763. The number of likely N-dealkylation sites (N-methyl/N-ethyl adjacent to an activating group) is 1. The van der Waals surface area contributed by atoms with E-state index in [0.717, 1.165) is 29.9 Å². The van der Waals surface area contributed by atoms with Crippen LogP contribution in [-0.2, 0) is 0 Å². The van der Waals surface area contributed by atoms with Crippen molar-refractivity contribution in [2.24, 2.45) is 0 Å². The van der Waals surface area contributed by atoms with Crippen LogP contribution >= 0.6 is 0 Å². The first-order valence-electron chi connectivity index (χ1n) is 7.78. The largest absolute Gasteiger partial charge is 0.363 e. The van der Waals surface area contributed by atoms with Gasteiger partial charge in [-0.3, -0.25) is 0 Å². The maximum atomic E-state index is 14.3. The molecule has 1 aliphatic heterocycles. The molecule has 23 heavy (non-hydrogen) atoms. The van der Waals surface area contributed by atoms with Gasteiger partial charge in [-0.05, 0) is 43.1 Å². The highest BCUT2D eigenvalue weighted by molar-refractivity contribution is 5.53. The predicted molar refractivity (Wildman–Crippen MR) is 86.9 cm³/mol. The van der Waals surface area contributed by atoms with E-state index in [1.807, 2.05) is 38.8 Å². The van der Waals surface area contributed by atoms with Crippen LogP contribution in [-0.4, -0.2) is 51.2 Å². The van der Waals surface area contributed by atoms with Crippen molar-refractivity contribution < 1.29 is 17.6 Å². The number of benzene rings is 1. The van der Waals surface area contributed by atoms with Crippen LogP contribution in [0.3, 0.4) is 0 Å². The van der Waals surface area contributed by atoms with Crippen LogP contribution in [0.5, 0.6) is 0 Å². The van der Waals surface area contributed by atoms with Crippen molar-refractivity contribution in [1.29, 1.82) is 0 Å². The van der Waals surface area contributed by atoms with Crippen molar-refractivity contribution >= 4 is 5.69 Å². The standard InChI is InChI=1S/C16H24F2N2.CH2F2/c1-11(2)16-12(3)7-13(8-15(16)18)20-6-5-19(4)10-14(20)9-17;2-1-3/h7-8,11,14H,5-6,9-10H2,1-4H3;1H2. The summed E-state index contributed by atoms with van der Waals surface area (Å²) in [7, 11) is 1.99. The van der Waals surface area contributed by atoms with E-state index in [-0.39, 0.29) is 17.8 Å². The molecule has 0 aromatic heterocycles. The minimum atomic E-state index is -1.75. The third kappa shape index (κ3) is 5.09. The van der Waals surface area contributed by atoms with Gasteiger partial charge >= 0.3 is 0 Å². The van der Waals surface area contributed by atoms with E-state index in [2.05, 4.69) is 4.90 Å². The molecule has 0 spiro atoms. The molecular formula is C17H26F4N2. The van der Waals surface area contributed by atoms with E-state index >= 15 is 0 Å². The van der Waals surface area contributed by atoms with Crippen molar-refractivity contribution in [2.75, 3.05) is 45.2 Å². The molecule has 0 radical (unpaired) electrons. The number of alkyl halides is 3. The highest BCUT2D eigenvalue weighted by Crippen LogP contribution is 2.29. The van der Waals surface area contributed by atoms with Crippen LogP contribution in [0.4, 0.5) is 23.2 Å². The van der Waals surface area contributed by atoms with E-state index in [0.29, 0.717) is 6.54 Å². The lowest BCUT2D eigenvalue weighted by Crippen LogP contribution is -2.53. The third-order valence-electron chi connectivity index (χ3n) is 4.09. The fourth-order valence-corrected chi connectivity index (χ4v) is 3.12. The Kier molecular flexibility index (Phi) is 7.82. The number of piperazine rings is 1. The Morgan fingerprint density at radius 1 is 1.17 bits per heavy atom. The fourth-order valence-electron chi connectivity index (χ4n) is 3.12. The summed E-state index contributed by atoms with van der Waals surface area (Å²) < 4.78 is 46.8. The summed E-state index contributed by atoms with van der Waals surface area (Å²) in [5.41, 5.74) is 2.52. The summed E-state index contributed by atoms with van der Waals surface area (Å²) in [6.45, 7) is 6.06. The zero-order chi connectivity index (χ0) is 17.6. The van der Waals surface area contributed by atoms with Gasteiger partial charge in [0.25, 0.3) is 0 Å². The normalized spacial score (nSPS) is 18.8. The average Bonchev–Trinajstić information content (AvgIpc) is 2.46. The number of halogens is 4. The zero-order valence-corrected chi connectivity index (χ0v) is 14.3. The molecule has 1 heterocycles. The molecule has 2 rings (SSSR count). The van der Waals surface area contributed by atoms with Gasteiger partial charge in [0.05, 0.1) is 6.04 Å². The molecule has 0 aliphatic carbocycles. The van der Waals surface area contributed by atoms with E-state index in [9.17, 15) is 17.6 Å². The van der Waals surface area contributed by atoms with Crippen LogP contribution in [0, 0.1) is 12.7 Å². The summed E-state index contributed by atoms with van der Waals surface area (Å²) in [4.78, 5) is 4.12. The van der Waals surface area contributed by atoms with Gasteiger partial charge in [0.2, 0.25) is 6.93 Å². The molecule has 132 valence electrons. The zero-order valence-electron chi connectivity index (χ0n) is 14.3. The SMILES string of the molecule is Cc1cc(N2CCN(C)CC2CF)cc(F)c1C(C)C.FCF. The summed E-state index contributed by atoms with van der Waals surface area (Å²) in [6.07, 6.45) is 0. The van der Waals surface area contributed by atoms with Gasteiger partial charge in [0.1, 0.15) is 12.5 Å². The van der Waals surface area contributed by atoms with Crippen LogP contribution in [0.25, 0.3) is 0 Å². The molecule has 0 amide bonds. The number of hydrogen-bond donors (Lipinski definition) is 0. The Hall–Kier alpha value is -1.30. The predicted octanol–water partition coefficient (Wildman–Crippen LogP) is 4.23. The minimum Gasteiger partial charge on any atom is -0.363 e. The Labute approximate surface area is 136 Å².